The zero-order valence-corrected chi connectivity index (χ0v) is 19.1. The van der Waals surface area contributed by atoms with Crippen LogP contribution >= 0.6 is 0 Å². The molecule has 0 saturated carbocycles. The van der Waals surface area contributed by atoms with Gasteiger partial charge < -0.3 is 19.7 Å². The molecule has 1 aliphatic heterocycles. The van der Waals surface area contributed by atoms with Crippen LogP contribution in [0.3, 0.4) is 0 Å². The van der Waals surface area contributed by atoms with E-state index in [1.807, 2.05) is 0 Å². The zero-order valence-electron chi connectivity index (χ0n) is 19.1. The molecule has 6 nitrogen and oxygen atoms in total. The van der Waals surface area contributed by atoms with Crippen molar-refractivity contribution in [2.24, 2.45) is 0 Å². The van der Waals surface area contributed by atoms with E-state index in [1.54, 1.807) is 55.5 Å². The largest absolute Gasteiger partial charge is 0.497 e. The van der Waals surface area contributed by atoms with Gasteiger partial charge in [0, 0.05) is 29.9 Å². The van der Waals surface area contributed by atoms with Gasteiger partial charge in [0.2, 0.25) is 0 Å². The number of ether oxygens (including phenoxy) is 2. The van der Waals surface area contributed by atoms with Crippen LogP contribution in [0.15, 0.2) is 66.7 Å². The van der Waals surface area contributed by atoms with Crippen molar-refractivity contribution in [3.05, 3.63) is 89.0 Å². The van der Waals surface area contributed by atoms with E-state index in [0.717, 1.165) is 12.1 Å². The van der Waals surface area contributed by atoms with Crippen molar-refractivity contribution in [2.75, 3.05) is 12.4 Å². The summed E-state index contributed by atoms with van der Waals surface area (Å²) < 4.78 is 50.3. The van der Waals surface area contributed by atoms with Crippen LogP contribution in [0.5, 0.6) is 11.5 Å². The van der Waals surface area contributed by atoms with E-state index in [1.165, 1.54) is 18.1 Å². The Balaban J connectivity index is 1.56. The number of anilines is 1. The predicted octanol–water partition coefficient (Wildman–Crippen LogP) is 5.28. The van der Waals surface area contributed by atoms with Gasteiger partial charge in [-0.2, -0.15) is 13.2 Å². The van der Waals surface area contributed by atoms with E-state index in [2.05, 4.69) is 5.32 Å². The van der Waals surface area contributed by atoms with Crippen molar-refractivity contribution in [3.63, 3.8) is 0 Å². The second kappa shape index (κ2) is 9.69. The molecule has 0 saturated heterocycles. The van der Waals surface area contributed by atoms with Crippen LogP contribution in [-0.2, 0) is 24.1 Å². The summed E-state index contributed by atoms with van der Waals surface area (Å²) >= 11 is 0. The molecule has 2 amide bonds. The molecule has 0 aromatic heterocycles. The van der Waals surface area contributed by atoms with Gasteiger partial charge in [0.05, 0.1) is 12.7 Å². The molecule has 1 heterocycles. The Hall–Kier alpha value is -4.01. The molecule has 1 N–H and O–H groups in total. The lowest BCUT2D eigenvalue weighted by Crippen LogP contribution is -2.37. The molecule has 0 fully saturated rings. The number of alkyl halides is 3. The number of methoxy groups -OCH3 is 1. The third-order valence-corrected chi connectivity index (χ3v) is 5.60. The fraction of sp³-hybridized carbons (Fsp3) is 0.231. The molecule has 3 aromatic rings. The van der Waals surface area contributed by atoms with Crippen LogP contribution < -0.4 is 14.8 Å². The first kappa shape index (κ1) is 24.1. The summed E-state index contributed by atoms with van der Waals surface area (Å²) in [6.07, 6.45) is -5.29. The van der Waals surface area contributed by atoms with Crippen molar-refractivity contribution < 1.29 is 32.2 Å². The maximum Gasteiger partial charge on any atom is 0.416 e. The summed E-state index contributed by atoms with van der Waals surface area (Å²) in [5.41, 5.74) is 1.10. The van der Waals surface area contributed by atoms with Crippen molar-refractivity contribution >= 4 is 17.5 Å². The van der Waals surface area contributed by atoms with Crippen LogP contribution in [-0.4, -0.2) is 29.9 Å². The average molecular weight is 484 g/mol. The lowest BCUT2D eigenvalue weighted by atomic mass is 10.1. The smallest absolute Gasteiger partial charge is 0.416 e. The molecule has 0 radical (unpaired) electrons. The SMILES string of the molecule is COc1cccc(C(=O)Nc2ccc3c(c2)CN(Cc2cccc(C(F)(F)F)c2)C(=O)[C@H](C)O3)c1. The third kappa shape index (κ3) is 5.56. The Morgan fingerprint density at radius 3 is 2.63 bits per heavy atom. The number of benzene rings is 3. The standard InChI is InChI=1S/C26H23F3N2O4/c1-16-25(33)31(14-17-5-3-7-20(11-17)26(27,28)29)15-19-12-21(9-10-23(19)35-16)30-24(32)18-6-4-8-22(13-18)34-2/h3-13,16H,14-15H2,1-2H3,(H,30,32)/t16-/m0/s1. The first-order chi connectivity index (χ1) is 16.6. The number of fused-ring (bicyclic) bond motifs is 1. The maximum atomic E-state index is 13.1. The molecule has 35 heavy (non-hydrogen) atoms. The van der Waals surface area contributed by atoms with E-state index in [9.17, 15) is 22.8 Å². The fourth-order valence-electron chi connectivity index (χ4n) is 3.85. The molecule has 9 heteroatoms. The van der Waals surface area contributed by atoms with Gasteiger partial charge in [-0.3, -0.25) is 9.59 Å². The molecule has 0 spiro atoms. The number of nitrogens with zero attached hydrogens (tertiary/aromatic N) is 1. The van der Waals surface area contributed by atoms with Crippen molar-refractivity contribution in [3.8, 4) is 11.5 Å². The van der Waals surface area contributed by atoms with Gasteiger partial charge >= 0.3 is 6.18 Å². The number of halogens is 3. The summed E-state index contributed by atoms with van der Waals surface area (Å²) in [5, 5.41) is 2.81. The normalized spacial score (nSPS) is 15.6. The molecular weight excluding hydrogens is 461 g/mol. The van der Waals surface area contributed by atoms with E-state index in [4.69, 9.17) is 9.47 Å². The molecule has 0 bridgehead atoms. The zero-order chi connectivity index (χ0) is 25.2. The number of hydrogen-bond donors (Lipinski definition) is 1. The van der Waals surface area contributed by atoms with Gasteiger partial charge in [0.15, 0.2) is 6.10 Å². The summed E-state index contributed by atoms with van der Waals surface area (Å²) in [6.45, 7) is 1.68. The summed E-state index contributed by atoms with van der Waals surface area (Å²) in [5.74, 6) is 0.326. The molecule has 182 valence electrons. The highest BCUT2D eigenvalue weighted by atomic mass is 19.4. The van der Waals surface area contributed by atoms with Crippen LogP contribution in [0.4, 0.5) is 18.9 Å². The summed E-state index contributed by atoms with van der Waals surface area (Å²) in [7, 11) is 1.51. The lowest BCUT2D eigenvalue weighted by molar-refractivity contribution is -0.138. The minimum absolute atomic E-state index is 0.0176. The Labute approximate surface area is 200 Å². The van der Waals surface area contributed by atoms with Crippen LogP contribution in [0.2, 0.25) is 0 Å². The predicted molar refractivity (Wildman–Crippen MR) is 123 cm³/mol. The molecule has 0 unspecified atom stereocenters. The van der Waals surface area contributed by atoms with Gasteiger partial charge in [0.25, 0.3) is 11.8 Å². The highest BCUT2D eigenvalue weighted by Crippen LogP contribution is 2.32. The number of carbonyl (C=O) groups excluding carboxylic acids is 2. The van der Waals surface area contributed by atoms with E-state index in [-0.39, 0.29) is 24.9 Å². The fourth-order valence-corrected chi connectivity index (χ4v) is 3.85. The lowest BCUT2D eigenvalue weighted by Gasteiger charge is -2.22. The minimum atomic E-state index is -4.47. The number of carbonyl (C=O) groups is 2. The van der Waals surface area contributed by atoms with Gasteiger partial charge in [-0.05, 0) is 61.0 Å². The Bertz CT molecular complexity index is 1260. The van der Waals surface area contributed by atoms with E-state index >= 15 is 0 Å². The Morgan fingerprint density at radius 1 is 1.11 bits per heavy atom. The highest BCUT2D eigenvalue weighted by molar-refractivity contribution is 6.04. The quantitative estimate of drug-likeness (QED) is 0.536. The molecule has 1 aliphatic rings. The summed E-state index contributed by atoms with van der Waals surface area (Å²) in [6, 6.07) is 16.6. The molecule has 0 aliphatic carbocycles. The molecule has 4 rings (SSSR count). The number of rotatable bonds is 5. The van der Waals surface area contributed by atoms with Gasteiger partial charge in [0.1, 0.15) is 11.5 Å². The molecular formula is C26H23F3N2O4. The maximum absolute atomic E-state index is 13.1. The first-order valence-electron chi connectivity index (χ1n) is 10.8. The second-order valence-corrected chi connectivity index (χ2v) is 8.16. The van der Waals surface area contributed by atoms with Crippen LogP contribution in [0, 0.1) is 0 Å². The minimum Gasteiger partial charge on any atom is -0.497 e. The van der Waals surface area contributed by atoms with Gasteiger partial charge in [-0.1, -0.05) is 18.2 Å². The Morgan fingerprint density at radius 2 is 1.89 bits per heavy atom. The van der Waals surface area contributed by atoms with Crippen LogP contribution in [0.1, 0.15) is 34.0 Å². The molecule has 3 aromatic carbocycles. The number of hydrogen-bond acceptors (Lipinski definition) is 4. The summed E-state index contributed by atoms with van der Waals surface area (Å²) in [4.78, 5) is 27.0. The topological polar surface area (TPSA) is 67.9 Å². The van der Waals surface area contributed by atoms with E-state index in [0.29, 0.717) is 33.9 Å². The monoisotopic (exact) mass is 484 g/mol. The molecule has 1 atom stereocenters. The Kier molecular flexibility index (Phi) is 6.68. The number of amides is 2. The van der Waals surface area contributed by atoms with Crippen molar-refractivity contribution in [2.45, 2.75) is 32.3 Å². The average Bonchev–Trinajstić information content (AvgIpc) is 2.95. The van der Waals surface area contributed by atoms with Gasteiger partial charge in [-0.25, -0.2) is 0 Å². The van der Waals surface area contributed by atoms with Crippen LogP contribution in [0.25, 0.3) is 0 Å². The first-order valence-corrected chi connectivity index (χ1v) is 10.8. The highest BCUT2D eigenvalue weighted by Gasteiger charge is 2.32. The third-order valence-electron chi connectivity index (χ3n) is 5.60. The number of nitrogens with one attached hydrogen (secondary N) is 1. The second-order valence-electron chi connectivity index (χ2n) is 8.16. The van der Waals surface area contributed by atoms with E-state index < -0.39 is 17.8 Å². The van der Waals surface area contributed by atoms with Gasteiger partial charge in [-0.15, -0.1) is 0 Å². The van der Waals surface area contributed by atoms with Crippen molar-refractivity contribution in [1.82, 2.24) is 4.90 Å². The van der Waals surface area contributed by atoms with Crippen molar-refractivity contribution in [1.29, 1.82) is 0 Å².